The van der Waals surface area contributed by atoms with E-state index in [1.807, 2.05) is 55.1 Å². The van der Waals surface area contributed by atoms with Crippen molar-refractivity contribution in [2.45, 2.75) is 45.4 Å². The Morgan fingerprint density at radius 2 is 1.85 bits per heavy atom. The van der Waals surface area contributed by atoms with Crippen molar-refractivity contribution < 1.29 is 5.11 Å². The second-order valence-corrected chi connectivity index (χ2v) is 6.96. The molecule has 1 aromatic carbocycles. The monoisotopic (exact) mass is 364 g/mol. The number of hydrogen-bond donors (Lipinski definition) is 2. The van der Waals surface area contributed by atoms with Crippen molar-refractivity contribution in [3.8, 4) is 11.3 Å². The van der Waals surface area contributed by atoms with Crippen LogP contribution in [0.25, 0.3) is 11.3 Å². The SMILES string of the molecule is CCC(O)(CC)CNCc1cn(Cc2ccccc2)nc1-c1cccnc1. The van der Waals surface area contributed by atoms with E-state index in [0.717, 1.165) is 36.2 Å². The van der Waals surface area contributed by atoms with Gasteiger partial charge in [-0.1, -0.05) is 44.2 Å². The van der Waals surface area contributed by atoms with Crippen LogP contribution in [0.3, 0.4) is 0 Å². The van der Waals surface area contributed by atoms with Crippen LogP contribution in [0.5, 0.6) is 0 Å². The van der Waals surface area contributed by atoms with Gasteiger partial charge in [0.05, 0.1) is 17.8 Å². The van der Waals surface area contributed by atoms with Crippen LogP contribution in [-0.2, 0) is 13.1 Å². The van der Waals surface area contributed by atoms with Crippen molar-refractivity contribution in [3.05, 3.63) is 72.2 Å². The molecule has 3 rings (SSSR count). The van der Waals surface area contributed by atoms with Crippen LogP contribution < -0.4 is 5.32 Å². The predicted molar refractivity (Wildman–Crippen MR) is 108 cm³/mol. The molecule has 0 fully saturated rings. The van der Waals surface area contributed by atoms with Crippen molar-refractivity contribution in [3.63, 3.8) is 0 Å². The summed E-state index contributed by atoms with van der Waals surface area (Å²) in [6, 6.07) is 14.3. The van der Waals surface area contributed by atoms with Gasteiger partial charge in [0.2, 0.25) is 0 Å². The van der Waals surface area contributed by atoms with Gasteiger partial charge in [0.25, 0.3) is 0 Å². The first-order chi connectivity index (χ1) is 13.1. The summed E-state index contributed by atoms with van der Waals surface area (Å²) in [4.78, 5) is 4.23. The zero-order valence-corrected chi connectivity index (χ0v) is 16.1. The van der Waals surface area contributed by atoms with Crippen LogP contribution in [0, 0.1) is 0 Å². The molecule has 2 aromatic heterocycles. The average Bonchev–Trinajstić information content (AvgIpc) is 3.11. The molecule has 142 valence electrons. The zero-order chi connectivity index (χ0) is 19.1. The lowest BCUT2D eigenvalue weighted by Gasteiger charge is -2.25. The van der Waals surface area contributed by atoms with Crippen LogP contribution >= 0.6 is 0 Å². The number of hydrogen-bond acceptors (Lipinski definition) is 4. The molecule has 0 spiro atoms. The van der Waals surface area contributed by atoms with Gasteiger partial charge in [-0.15, -0.1) is 0 Å². The summed E-state index contributed by atoms with van der Waals surface area (Å²) in [5.74, 6) is 0. The van der Waals surface area contributed by atoms with Gasteiger partial charge in [0.1, 0.15) is 0 Å². The van der Waals surface area contributed by atoms with Gasteiger partial charge >= 0.3 is 0 Å². The number of nitrogens with one attached hydrogen (secondary N) is 1. The molecule has 3 aromatic rings. The molecule has 0 radical (unpaired) electrons. The van der Waals surface area contributed by atoms with Crippen LogP contribution in [0.1, 0.15) is 37.8 Å². The van der Waals surface area contributed by atoms with E-state index >= 15 is 0 Å². The molecule has 0 aliphatic rings. The molecule has 0 atom stereocenters. The fourth-order valence-corrected chi connectivity index (χ4v) is 3.12. The number of pyridine rings is 1. The highest BCUT2D eigenvalue weighted by atomic mass is 16.3. The highest BCUT2D eigenvalue weighted by Crippen LogP contribution is 2.22. The number of benzene rings is 1. The Morgan fingerprint density at radius 3 is 2.52 bits per heavy atom. The topological polar surface area (TPSA) is 63.0 Å². The van der Waals surface area contributed by atoms with Crippen LogP contribution in [0.15, 0.2) is 61.1 Å². The maximum Gasteiger partial charge on any atom is 0.0983 e. The van der Waals surface area contributed by atoms with Gasteiger partial charge in [-0.3, -0.25) is 9.67 Å². The van der Waals surface area contributed by atoms with Crippen molar-refractivity contribution in [1.29, 1.82) is 0 Å². The van der Waals surface area contributed by atoms with E-state index in [4.69, 9.17) is 5.10 Å². The van der Waals surface area contributed by atoms with Crippen molar-refractivity contribution in [2.24, 2.45) is 0 Å². The third-order valence-corrected chi connectivity index (χ3v) is 5.05. The van der Waals surface area contributed by atoms with Gasteiger partial charge in [0.15, 0.2) is 0 Å². The van der Waals surface area contributed by atoms with Gasteiger partial charge in [-0.05, 0) is 30.5 Å². The standard InChI is InChI=1S/C22H28N4O/c1-3-22(27,4-2)17-24-14-20-16-26(15-18-9-6-5-7-10-18)25-21(20)19-11-8-12-23-13-19/h5-13,16,24,27H,3-4,14-15,17H2,1-2H3. The van der Waals surface area contributed by atoms with Gasteiger partial charge in [-0.25, -0.2) is 0 Å². The molecule has 27 heavy (non-hydrogen) atoms. The summed E-state index contributed by atoms with van der Waals surface area (Å²) in [5.41, 5.74) is 3.59. The third-order valence-electron chi connectivity index (χ3n) is 5.05. The van der Waals surface area contributed by atoms with E-state index in [2.05, 4.69) is 28.6 Å². The average molecular weight is 364 g/mol. The molecular weight excluding hydrogens is 336 g/mol. The van der Waals surface area contributed by atoms with Gasteiger partial charge in [-0.2, -0.15) is 5.10 Å². The van der Waals surface area contributed by atoms with E-state index in [-0.39, 0.29) is 0 Å². The zero-order valence-electron chi connectivity index (χ0n) is 16.1. The normalized spacial score (nSPS) is 11.7. The van der Waals surface area contributed by atoms with Gasteiger partial charge < -0.3 is 10.4 Å². The molecule has 0 bridgehead atoms. The Kier molecular flexibility index (Phi) is 6.37. The first kappa shape index (κ1) is 19.3. The summed E-state index contributed by atoms with van der Waals surface area (Å²) in [5, 5.41) is 18.7. The molecular formula is C22H28N4O. The van der Waals surface area contributed by atoms with E-state index < -0.39 is 5.60 Å². The largest absolute Gasteiger partial charge is 0.389 e. The van der Waals surface area contributed by atoms with E-state index in [1.165, 1.54) is 5.56 Å². The molecule has 0 amide bonds. The Labute approximate surface area is 161 Å². The lowest BCUT2D eigenvalue weighted by molar-refractivity contribution is 0.0323. The highest BCUT2D eigenvalue weighted by Gasteiger charge is 2.21. The minimum atomic E-state index is -0.658. The van der Waals surface area contributed by atoms with Crippen molar-refractivity contribution >= 4 is 0 Å². The number of rotatable bonds is 9. The third kappa shape index (κ3) is 5.02. The molecule has 0 saturated carbocycles. The number of nitrogens with zero attached hydrogens (tertiary/aromatic N) is 3. The summed E-state index contributed by atoms with van der Waals surface area (Å²) in [6.07, 6.45) is 7.16. The van der Waals surface area contributed by atoms with Crippen LogP contribution in [-0.4, -0.2) is 32.0 Å². The molecule has 0 unspecified atom stereocenters. The van der Waals surface area contributed by atoms with Crippen LogP contribution in [0.2, 0.25) is 0 Å². The Morgan fingerprint density at radius 1 is 1.07 bits per heavy atom. The summed E-state index contributed by atoms with van der Waals surface area (Å²) < 4.78 is 1.97. The maximum absolute atomic E-state index is 10.5. The molecule has 0 aliphatic heterocycles. The van der Waals surface area contributed by atoms with E-state index in [1.54, 1.807) is 6.20 Å². The lowest BCUT2D eigenvalue weighted by atomic mass is 9.97. The molecule has 0 aliphatic carbocycles. The lowest BCUT2D eigenvalue weighted by Crippen LogP contribution is -2.39. The second-order valence-electron chi connectivity index (χ2n) is 6.96. The molecule has 5 heteroatoms. The molecule has 2 heterocycles. The number of aromatic nitrogens is 3. The Balaban J connectivity index is 1.80. The Hall–Kier alpha value is -2.50. The quantitative estimate of drug-likeness (QED) is 0.609. The van der Waals surface area contributed by atoms with Crippen LogP contribution in [0.4, 0.5) is 0 Å². The van der Waals surface area contributed by atoms with Crippen molar-refractivity contribution in [2.75, 3.05) is 6.54 Å². The van der Waals surface area contributed by atoms with Gasteiger partial charge in [0, 0.05) is 42.8 Å². The molecule has 5 nitrogen and oxygen atoms in total. The minimum absolute atomic E-state index is 0.566. The number of aliphatic hydroxyl groups is 1. The van der Waals surface area contributed by atoms with E-state index in [0.29, 0.717) is 13.1 Å². The predicted octanol–water partition coefficient (Wildman–Crippen LogP) is 3.63. The summed E-state index contributed by atoms with van der Waals surface area (Å²) >= 11 is 0. The highest BCUT2D eigenvalue weighted by molar-refractivity contribution is 5.61. The van der Waals surface area contributed by atoms with E-state index in [9.17, 15) is 5.11 Å². The Bertz CT molecular complexity index is 826. The first-order valence-electron chi connectivity index (χ1n) is 9.57. The maximum atomic E-state index is 10.5. The minimum Gasteiger partial charge on any atom is -0.389 e. The molecule has 2 N–H and O–H groups in total. The molecule has 0 saturated heterocycles. The summed E-state index contributed by atoms with van der Waals surface area (Å²) in [7, 11) is 0. The fourth-order valence-electron chi connectivity index (χ4n) is 3.12. The van der Waals surface area contributed by atoms with Crippen molar-refractivity contribution in [1.82, 2.24) is 20.1 Å². The smallest absolute Gasteiger partial charge is 0.0983 e. The summed E-state index contributed by atoms with van der Waals surface area (Å²) in [6.45, 7) is 5.98. The fraction of sp³-hybridized carbons (Fsp3) is 0.364. The first-order valence-corrected chi connectivity index (χ1v) is 9.57. The second kappa shape index (κ2) is 8.93.